The molecule has 1 aliphatic carbocycles. The highest BCUT2D eigenvalue weighted by molar-refractivity contribution is 6.31. The number of ether oxygens (including phenoxy) is 1. The monoisotopic (exact) mass is 365 g/mol. The lowest BCUT2D eigenvalue weighted by Gasteiger charge is -2.20. The minimum atomic E-state index is -0.814. The Hall–Kier alpha value is -2.28. The number of rotatable bonds is 4. The zero-order valence-corrected chi connectivity index (χ0v) is 14.9. The molecule has 0 radical (unpaired) electrons. The maximum atomic E-state index is 12.6. The van der Waals surface area contributed by atoms with Gasteiger partial charge in [0.25, 0.3) is 5.91 Å². The number of urea groups is 1. The van der Waals surface area contributed by atoms with Gasteiger partial charge in [0.15, 0.2) is 0 Å². The van der Waals surface area contributed by atoms with E-state index in [1.54, 1.807) is 19.1 Å². The van der Waals surface area contributed by atoms with Crippen LogP contribution in [0.1, 0.15) is 31.2 Å². The smallest absolute Gasteiger partial charge is 0.325 e. The summed E-state index contributed by atoms with van der Waals surface area (Å²) in [6, 6.07) is 2.78. The zero-order chi connectivity index (χ0) is 18.2. The lowest BCUT2D eigenvalue weighted by Crippen LogP contribution is -2.44. The van der Waals surface area contributed by atoms with E-state index >= 15 is 0 Å². The highest BCUT2D eigenvalue weighted by atomic mass is 35.5. The van der Waals surface area contributed by atoms with Crippen LogP contribution in [-0.2, 0) is 9.59 Å². The van der Waals surface area contributed by atoms with E-state index in [0.29, 0.717) is 29.3 Å². The molecule has 1 heterocycles. The molecule has 1 aliphatic heterocycles. The van der Waals surface area contributed by atoms with Crippen molar-refractivity contribution in [2.75, 3.05) is 19.0 Å². The zero-order valence-electron chi connectivity index (χ0n) is 14.1. The Bertz CT molecular complexity index is 744. The molecule has 1 aromatic rings. The van der Waals surface area contributed by atoms with Crippen molar-refractivity contribution < 1.29 is 19.1 Å². The molecule has 8 heteroatoms. The quantitative estimate of drug-likeness (QED) is 0.802. The topological polar surface area (TPSA) is 87.7 Å². The first-order chi connectivity index (χ1) is 11.9. The minimum Gasteiger partial charge on any atom is -0.495 e. The van der Waals surface area contributed by atoms with Crippen LogP contribution in [0.3, 0.4) is 0 Å². The average molecular weight is 366 g/mol. The highest BCUT2D eigenvalue weighted by Gasteiger charge is 2.52. The van der Waals surface area contributed by atoms with Gasteiger partial charge in [0.1, 0.15) is 17.8 Å². The van der Waals surface area contributed by atoms with E-state index in [-0.39, 0.29) is 12.5 Å². The minimum absolute atomic E-state index is 0.315. The van der Waals surface area contributed by atoms with Crippen molar-refractivity contribution in [2.24, 2.45) is 0 Å². The fourth-order valence-corrected chi connectivity index (χ4v) is 3.55. The molecule has 2 aliphatic rings. The second kappa shape index (κ2) is 6.55. The molecule has 1 aromatic carbocycles. The van der Waals surface area contributed by atoms with Crippen molar-refractivity contribution in [3.63, 3.8) is 0 Å². The number of halogens is 1. The Kier molecular flexibility index (Phi) is 4.60. The summed E-state index contributed by atoms with van der Waals surface area (Å²) in [5, 5.41) is 5.95. The van der Waals surface area contributed by atoms with E-state index in [2.05, 4.69) is 10.6 Å². The summed E-state index contributed by atoms with van der Waals surface area (Å²) in [6.45, 7) is 1.47. The van der Waals surface area contributed by atoms with E-state index < -0.39 is 17.5 Å². The van der Waals surface area contributed by atoms with Crippen molar-refractivity contribution in [3.05, 3.63) is 22.7 Å². The SMILES string of the molecule is COc1cc(Cl)c(C)cc1NC(=O)CN1C(=O)NC2(CCCC2)C1=O. The van der Waals surface area contributed by atoms with Crippen molar-refractivity contribution in [3.8, 4) is 5.75 Å². The van der Waals surface area contributed by atoms with Crippen LogP contribution in [0.15, 0.2) is 12.1 Å². The van der Waals surface area contributed by atoms with E-state index in [0.717, 1.165) is 23.3 Å². The molecule has 1 spiro atoms. The number of nitrogens with zero attached hydrogens (tertiary/aromatic N) is 1. The van der Waals surface area contributed by atoms with Crippen molar-refractivity contribution in [2.45, 2.75) is 38.1 Å². The molecular formula is C17H20ClN3O4. The molecule has 25 heavy (non-hydrogen) atoms. The van der Waals surface area contributed by atoms with Gasteiger partial charge >= 0.3 is 6.03 Å². The Morgan fingerprint density at radius 1 is 1.36 bits per heavy atom. The maximum absolute atomic E-state index is 12.6. The molecular weight excluding hydrogens is 346 g/mol. The summed E-state index contributed by atoms with van der Waals surface area (Å²) in [5.41, 5.74) is 0.404. The van der Waals surface area contributed by atoms with Crippen molar-refractivity contribution >= 4 is 35.1 Å². The van der Waals surface area contributed by atoms with Gasteiger partial charge in [0.2, 0.25) is 5.91 Å². The summed E-state index contributed by atoms with van der Waals surface area (Å²) in [6.07, 6.45) is 3.04. The third kappa shape index (κ3) is 3.16. The van der Waals surface area contributed by atoms with Gasteiger partial charge in [-0.1, -0.05) is 24.4 Å². The molecule has 2 fully saturated rings. The number of nitrogens with one attached hydrogen (secondary N) is 2. The number of imide groups is 1. The standard InChI is InChI=1S/C17H20ClN3O4/c1-10-7-12(13(25-2)8-11(10)18)19-14(22)9-21-15(23)17(20-16(21)24)5-3-4-6-17/h7-8H,3-6,9H2,1-2H3,(H,19,22)(H,20,24). The van der Waals surface area contributed by atoms with Crippen molar-refractivity contribution in [1.82, 2.24) is 10.2 Å². The number of amides is 4. The predicted molar refractivity (Wildman–Crippen MR) is 92.8 cm³/mol. The van der Waals surface area contributed by atoms with Crippen LogP contribution in [0.5, 0.6) is 5.75 Å². The number of methoxy groups -OCH3 is 1. The van der Waals surface area contributed by atoms with Gasteiger partial charge in [0.05, 0.1) is 12.8 Å². The molecule has 0 atom stereocenters. The normalized spacial score (nSPS) is 18.6. The molecule has 1 saturated carbocycles. The number of benzene rings is 1. The molecule has 1 saturated heterocycles. The van der Waals surface area contributed by atoms with Crippen LogP contribution in [0.25, 0.3) is 0 Å². The first kappa shape index (κ1) is 17.5. The van der Waals surface area contributed by atoms with Crippen LogP contribution in [-0.4, -0.2) is 41.9 Å². The van der Waals surface area contributed by atoms with Gasteiger partial charge in [-0.15, -0.1) is 0 Å². The molecule has 3 rings (SSSR count). The van der Waals surface area contributed by atoms with Crippen LogP contribution in [0.4, 0.5) is 10.5 Å². The van der Waals surface area contributed by atoms with Gasteiger partial charge in [-0.3, -0.25) is 14.5 Å². The van der Waals surface area contributed by atoms with Gasteiger partial charge in [-0.2, -0.15) is 0 Å². The molecule has 134 valence electrons. The molecule has 0 unspecified atom stereocenters. The summed E-state index contributed by atoms with van der Waals surface area (Å²) >= 11 is 6.05. The third-order valence-electron chi connectivity index (χ3n) is 4.76. The maximum Gasteiger partial charge on any atom is 0.325 e. The Labute approximate surface area is 150 Å². The van der Waals surface area contributed by atoms with Gasteiger partial charge in [0, 0.05) is 11.1 Å². The number of carbonyl (C=O) groups excluding carboxylic acids is 3. The van der Waals surface area contributed by atoms with E-state index in [4.69, 9.17) is 16.3 Å². The van der Waals surface area contributed by atoms with Crippen LogP contribution < -0.4 is 15.4 Å². The number of hydrogen-bond acceptors (Lipinski definition) is 4. The van der Waals surface area contributed by atoms with Crippen LogP contribution in [0, 0.1) is 6.92 Å². The van der Waals surface area contributed by atoms with E-state index in [1.807, 2.05) is 0 Å². The first-order valence-corrected chi connectivity index (χ1v) is 8.52. The number of aryl methyl sites for hydroxylation is 1. The summed E-state index contributed by atoms with van der Waals surface area (Å²) in [7, 11) is 1.47. The Morgan fingerprint density at radius 3 is 2.68 bits per heavy atom. The van der Waals surface area contributed by atoms with Crippen molar-refractivity contribution in [1.29, 1.82) is 0 Å². The first-order valence-electron chi connectivity index (χ1n) is 8.14. The highest BCUT2D eigenvalue weighted by Crippen LogP contribution is 2.35. The fraction of sp³-hybridized carbons (Fsp3) is 0.471. The molecule has 0 aromatic heterocycles. The largest absolute Gasteiger partial charge is 0.495 e. The van der Waals surface area contributed by atoms with Gasteiger partial charge in [-0.05, 0) is 31.4 Å². The summed E-state index contributed by atoms with van der Waals surface area (Å²) in [4.78, 5) is 38.0. The molecule has 2 N–H and O–H groups in total. The second-order valence-electron chi connectivity index (χ2n) is 6.46. The van der Waals surface area contributed by atoms with E-state index in [1.165, 1.54) is 7.11 Å². The molecule has 7 nitrogen and oxygen atoms in total. The number of carbonyl (C=O) groups is 3. The molecule has 0 bridgehead atoms. The second-order valence-corrected chi connectivity index (χ2v) is 6.87. The number of hydrogen-bond donors (Lipinski definition) is 2. The van der Waals surface area contributed by atoms with E-state index in [9.17, 15) is 14.4 Å². The third-order valence-corrected chi connectivity index (χ3v) is 5.17. The van der Waals surface area contributed by atoms with Gasteiger partial charge < -0.3 is 15.4 Å². The summed E-state index contributed by atoms with van der Waals surface area (Å²) in [5.74, 6) is -0.378. The van der Waals surface area contributed by atoms with Gasteiger partial charge in [-0.25, -0.2) is 4.79 Å². The Balaban J connectivity index is 1.72. The van der Waals surface area contributed by atoms with Crippen LogP contribution in [0.2, 0.25) is 5.02 Å². The van der Waals surface area contributed by atoms with Crippen LogP contribution >= 0.6 is 11.6 Å². The lowest BCUT2D eigenvalue weighted by molar-refractivity contribution is -0.133. The average Bonchev–Trinajstić information content (AvgIpc) is 3.12. The summed E-state index contributed by atoms with van der Waals surface area (Å²) < 4.78 is 5.21. The molecule has 4 amide bonds. The Morgan fingerprint density at radius 2 is 2.04 bits per heavy atom. The fourth-order valence-electron chi connectivity index (χ4n) is 3.40. The lowest BCUT2D eigenvalue weighted by atomic mass is 9.98. The predicted octanol–water partition coefficient (Wildman–Crippen LogP) is 2.46. The number of anilines is 1.